The minimum absolute atomic E-state index is 0.0745. The molecule has 0 aliphatic rings. The average Bonchev–Trinajstić information content (AvgIpc) is 2.76. The molecule has 144 valence electrons. The van der Waals surface area contributed by atoms with E-state index in [1.165, 1.54) is 19.2 Å². The van der Waals surface area contributed by atoms with Gasteiger partial charge in [-0.2, -0.15) is 0 Å². The molecule has 0 N–H and O–H groups in total. The highest BCUT2D eigenvalue weighted by Gasteiger charge is 2.17. The monoisotopic (exact) mass is 388 g/mol. The SMILES string of the molecule is COC(=O)c1cc(-c2ccc3c(=O)c4ccccc4n(C)c3c2)cc([N+](=O)[O-])c1. The summed E-state index contributed by atoms with van der Waals surface area (Å²) in [4.78, 5) is 35.5. The number of nitro benzene ring substituents is 1. The Hall–Kier alpha value is -4.00. The summed E-state index contributed by atoms with van der Waals surface area (Å²) in [6, 6.07) is 16.7. The van der Waals surface area contributed by atoms with Gasteiger partial charge in [-0.05, 0) is 41.5 Å². The van der Waals surface area contributed by atoms with Crippen LogP contribution in [0.2, 0.25) is 0 Å². The van der Waals surface area contributed by atoms with E-state index in [1.807, 2.05) is 29.8 Å². The summed E-state index contributed by atoms with van der Waals surface area (Å²) in [5.74, 6) is -0.658. The van der Waals surface area contributed by atoms with Gasteiger partial charge in [-0.3, -0.25) is 14.9 Å². The number of aromatic nitrogens is 1. The van der Waals surface area contributed by atoms with Crippen molar-refractivity contribution in [3.05, 3.63) is 86.6 Å². The number of carbonyl (C=O) groups excluding carboxylic acids is 1. The second kappa shape index (κ2) is 6.87. The maximum Gasteiger partial charge on any atom is 0.338 e. The van der Waals surface area contributed by atoms with E-state index in [2.05, 4.69) is 0 Å². The molecule has 0 amide bonds. The molecule has 0 saturated heterocycles. The molecule has 0 atom stereocenters. The molecule has 0 unspecified atom stereocenters. The fourth-order valence-electron chi connectivity index (χ4n) is 3.53. The number of non-ortho nitro benzene ring substituents is 1. The second-order valence-electron chi connectivity index (χ2n) is 6.65. The smallest absolute Gasteiger partial charge is 0.338 e. The molecule has 1 aromatic heterocycles. The van der Waals surface area contributed by atoms with Crippen molar-refractivity contribution in [2.75, 3.05) is 7.11 Å². The number of para-hydroxylation sites is 1. The molecule has 4 rings (SSSR count). The number of rotatable bonds is 3. The van der Waals surface area contributed by atoms with Crippen LogP contribution in [0.4, 0.5) is 5.69 Å². The van der Waals surface area contributed by atoms with Crippen LogP contribution < -0.4 is 5.43 Å². The number of fused-ring (bicyclic) bond motifs is 2. The van der Waals surface area contributed by atoms with Gasteiger partial charge < -0.3 is 9.30 Å². The lowest BCUT2D eigenvalue weighted by atomic mass is 9.99. The third-order valence-electron chi connectivity index (χ3n) is 5.00. The van der Waals surface area contributed by atoms with Crippen LogP contribution in [0.3, 0.4) is 0 Å². The van der Waals surface area contributed by atoms with Gasteiger partial charge in [0.25, 0.3) is 5.69 Å². The first-order chi connectivity index (χ1) is 13.9. The fraction of sp³-hybridized carbons (Fsp3) is 0.0909. The highest BCUT2D eigenvalue weighted by molar-refractivity contribution is 5.96. The van der Waals surface area contributed by atoms with E-state index in [-0.39, 0.29) is 16.7 Å². The topological polar surface area (TPSA) is 91.4 Å². The van der Waals surface area contributed by atoms with Crippen molar-refractivity contribution in [2.45, 2.75) is 0 Å². The van der Waals surface area contributed by atoms with Gasteiger partial charge >= 0.3 is 5.97 Å². The average molecular weight is 388 g/mol. The van der Waals surface area contributed by atoms with E-state index in [0.29, 0.717) is 27.4 Å². The molecule has 0 aliphatic carbocycles. The number of pyridine rings is 1. The first-order valence-corrected chi connectivity index (χ1v) is 8.80. The molecule has 0 aliphatic heterocycles. The lowest BCUT2D eigenvalue weighted by Gasteiger charge is -2.12. The second-order valence-corrected chi connectivity index (χ2v) is 6.65. The molecule has 7 heteroatoms. The van der Waals surface area contributed by atoms with Gasteiger partial charge in [-0.15, -0.1) is 0 Å². The first kappa shape index (κ1) is 18.4. The van der Waals surface area contributed by atoms with Crippen molar-refractivity contribution in [1.82, 2.24) is 4.57 Å². The van der Waals surface area contributed by atoms with Gasteiger partial charge in [0.05, 0.1) is 28.6 Å². The number of esters is 1. The van der Waals surface area contributed by atoms with Crippen LogP contribution >= 0.6 is 0 Å². The van der Waals surface area contributed by atoms with Crippen molar-refractivity contribution < 1.29 is 14.5 Å². The van der Waals surface area contributed by atoms with Crippen LogP contribution in [0, 0.1) is 10.1 Å². The molecule has 0 fully saturated rings. The Morgan fingerprint density at radius 2 is 1.69 bits per heavy atom. The Bertz CT molecular complexity index is 1370. The number of methoxy groups -OCH3 is 1. The summed E-state index contributed by atoms with van der Waals surface area (Å²) < 4.78 is 6.62. The summed E-state index contributed by atoms with van der Waals surface area (Å²) in [5.41, 5.74) is 2.42. The van der Waals surface area contributed by atoms with Crippen molar-refractivity contribution in [3.8, 4) is 11.1 Å². The number of benzene rings is 3. The lowest BCUT2D eigenvalue weighted by Crippen LogP contribution is -2.09. The third-order valence-corrected chi connectivity index (χ3v) is 5.00. The largest absolute Gasteiger partial charge is 0.465 e. The summed E-state index contributed by atoms with van der Waals surface area (Å²) in [6.45, 7) is 0. The Kier molecular flexibility index (Phi) is 4.35. The normalized spacial score (nSPS) is 11.0. The highest BCUT2D eigenvalue weighted by Crippen LogP contribution is 2.29. The van der Waals surface area contributed by atoms with E-state index in [0.717, 1.165) is 5.52 Å². The Labute approximate surface area is 164 Å². The standard InChI is InChI=1S/C22H16N2O5/c1-23-19-6-4-3-5-17(19)21(25)18-8-7-13(12-20(18)23)14-9-15(22(26)29-2)11-16(10-14)24(27)28/h3-12H,1-2H3. The first-order valence-electron chi connectivity index (χ1n) is 8.80. The van der Waals surface area contributed by atoms with E-state index in [4.69, 9.17) is 4.74 Å². The van der Waals surface area contributed by atoms with Gasteiger partial charge in [0, 0.05) is 30.0 Å². The number of hydrogen-bond acceptors (Lipinski definition) is 5. The molecule has 0 bridgehead atoms. The van der Waals surface area contributed by atoms with Gasteiger partial charge in [0.1, 0.15) is 0 Å². The van der Waals surface area contributed by atoms with Gasteiger partial charge in [0.15, 0.2) is 5.43 Å². The van der Waals surface area contributed by atoms with E-state index >= 15 is 0 Å². The molecule has 0 spiro atoms. The molecule has 29 heavy (non-hydrogen) atoms. The lowest BCUT2D eigenvalue weighted by molar-refractivity contribution is -0.384. The summed E-state index contributed by atoms with van der Waals surface area (Å²) in [7, 11) is 3.08. The zero-order valence-electron chi connectivity index (χ0n) is 15.7. The Balaban J connectivity index is 2.00. The Morgan fingerprint density at radius 1 is 0.966 bits per heavy atom. The molecule has 0 saturated carbocycles. The maximum absolute atomic E-state index is 12.8. The number of hydrogen-bond donors (Lipinski definition) is 0. The predicted octanol–water partition coefficient (Wildman–Crippen LogP) is 4.05. The number of nitrogens with zero attached hydrogens (tertiary/aromatic N) is 2. The number of carbonyl (C=O) groups is 1. The van der Waals surface area contributed by atoms with Gasteiger partial charge in [0.2, 0.25) is 0 Å². The minimum atomic E-state index is -0.658. The van der Waals surface area contributed by atoms with Crippen molar-refractivity contribution >= 4 is 33.5 Å². The van der Waals surface area contributed by atoms with Gasteiger partial charge in [-0.25, -0.2) is 4.79 Å². The zero-order valence-corrected chi connectivity index (χ0v) is 15.7. The third kappa shape index (κ3) is 3.02. The molecule has 4 aromatic rings. The summed E-state index contributed by atoms with van der Waals surface area (Å²) in [6.07, 6.45) is 0. The summed E-state index contributed by atoms with van der Waals surface area (Å²) in [5, 5.41) is 12.5. The van der Waals surface area contributed by atoms with E-state index < -0.39 is 10.9 Å². The van der Waals surface area contributed by atoms with Crippen LogP contribution in [0.25, 0.3) is 32.9 Å². The predicted molar refractivity (Wildman–Crippen MR) is 110 cm³/mol. The van der Waals surface area contributed by atoms with E-state index in [9.17, 15) is 19.7 Å². The van der Waals surface area contributed by atoms with Crippen LogP contribution in [-0.4, -0.2) is 22.6 Å². The van der Waals surface area contributed by atoms with Crippen molar-refractivity contribution in [1.29, 1.82) is 0 Å². The fourth-order valence-corrected chi connectivity index (χ4v) is 3.53. The summed E-state index contributed by atoms with van der Waals surface area (Å²) >= 11 is 0. The molecule has 3 aromatic carbocycles. The highest BCUT2D eigenvalue weighted by atomic mass is 16.6. The van der Waals surface area contributed by atoms with Crippen LogP contribution in [0.15, 0.2) is 65.5 Å². The molecule has 1 heterocycles. The van der Waals surface area contributed by atoms with Gasteiger partial charge in [-0.1, -0.05) is 18.2 Å². The van der Waals surface area contributed by atoms with Crippen molar-refractivity contribution in [3.63, 3.8) is 0 Å². The van der Waals surface area contributed by atoms with Crippen LogP contribution in [0.1, 0.15) is 10.4 Å². The van der Waals surface area contributed by atoms with E-state index in [1.54, 1.807) is 30.3 Å². The Morgan fingerprint density at radius 3 is 2.41 bits per heavy atom. The number of ether oxygens (including phenoxy) is 1. The van der Waals surface area contributed by atoms with Crippen molar-refractivity contribution in [2.24, 2.45) is 7.05 Å². The maximum atomic E-state index is 12.8. The zero-order chi connectivity index (χ0) is 20.7. The molecular weight excluding hydrogens is 372 g/mol. The molecule has 0 radical (unpaired) electrons. The van der Waals surface area contributed by atoms with Crippen LogP contribution in [0.5, 0.6) is 0 Å². The quantitative estimate of drug-likeness (QED) is 0.228. The molecular formula is C22H16N2O5. The number of aryl methyl sites for hydroxylation is 1. The molecule has 7 nitrogen and oxygen atoms in total. The minimum Gasteiger partial charge on any atom is -0.465 e. The van der Waals surface area contributed by atoms with Crippen LogP contribution in [-0.2, 0) is 11.8 Å². The number of nitro groups is 1.